The lowest BCUT2D eigenvalue weighted by molar-refractivity contribution is -0.137. The van der Waals surface area contributed by atoms with Crippen LogP contribution in [-0.4, -0.2) is 22.1 Å². The molecule has 1 aliphatic carbocycles. The second kappa shape index (κ2) is 7.54. The van der Waals surface area contributed by atoms with Crippen molar-refractivity contribution in [3.8, 4) is 5.69 Å². The number of aromatic nitrogens is 2. The molecule has 1 saturated carbocycles. The monoisotopic (exact) mass is 402 g/mol. The molecule has 2 aromatic carbocycles. The van der Waals surface area contributed by atoms with Crippen LogP contribution in [0.3, 0.4) is 0 Å². The summed E-state index contributed by atoms with van der Waals surface area (Å²) in [7, 11) is 0. The summed E-state index contributed by atoms with van der Waals surface area (Å²) in [5.74, 6) is 0.501. The van der Waals surface area contributed by atoms with E-state index in [4.69, 9.17) is 4.74 Å². The first-order valence-electron chi connectivity index (χ1n) is 9.75. The topological polar surface area (TPSA) is 44.1 Å². The van der Waals surface area contributed by atoms with Gasteiger partial charge in [0.1, 0.15) is 5.82 Å². The van der Waals surface area contributed by atoms with Crippen molar-refractivity contribution in [1.29, 1.82) is 0 Å². The van der Waals surface area contributed by atoms with E-state index < -0.39 is 17.7 Å². The molecule has 0 N–H and O–H groups in total. The van der Waals surface area contributed by atoms with Crippen LogP contribution in [0.1, 0.15) is 60.3 Å². The van der Waals surface area contributed by atoms with Crippen molar-refractivity contribution in [2.24, 2.45) is 0 Å². The Morgan fingerprint density at radius 3 is 2.62 bits per heavy atom. The number of alkyl halides is 3. The minimum absolute atomic E-state index is 0.183. The van der Waals surface area contributed by atoms with Crippen molar-refractivity contribution in [1.82, 2.24) is 9.55 Å². The van der Waals surface area contributed by atoms with Gasteiger partial charge in [-0.15, -0.1) is 0 Å². The van der Waals surface area contributed by atoms with Gasteiger partial charge in [0, 0.05) is 11.6 Å². The van der Waals surface area contributed by atoms with E-state index in [9.17, 15) is 18.0 Å². The quantitative estimate of drug-likeness (QED) is 0.512. The normalized spacial score (nSPS) is 15.2. The van der Waals surface area contributed by atoms with E-state index in [0.29, 0.717) is 22.3 Å². The SMILES string of the molecule is CCOC(=O)c1cccc(-n2c(C3CCCC3)nc3cc(C(F)(F)F)ccc32)c1. The number of carbonyl (C=O) groups excluding carboxylic acids is 1. The van der Waals surface area contributed by atoms with Crippen molar-refractivity contribution in [3.05, 3.63) is 59.4 Å². The second-order valence-corrected chi connectivity index (χ2v) is 7.26. The molecule has 3 aromatic rings. The molecule has 1 aliphatic rings. The summed E-state index contributed by atoms with van der Waals surface area (Å²) in [6.45, 7) is 2.01. The average molecular weight is 402 g/mol. The average Bonchev–Trinajstić information content (AvgIpc) is 3.34. The molecule has 0 radical (unpaired) electrons. The van der Waals surface area contributed by atoms with Gasteiger partial charge in [0.05, 0.1) is 28.8 Å². The summed E-state index contributed by atoms with van der Waals surface area (Å²) in [6, 6.07) is 10.6. The van der Waals surface area contributed by atoms with Gasteiger partial charge in [-0.2, -0.15) is 13.2 Å². The highest BCUT2D eigenvalue weighted by atomic mass is 19.4. The van der Waals surface area contributed by atoms with Crippen LogP contribution in [0.2, 0.25) is 0 Å². The zero-order chi connectivity index (χ0) is 20.6. The van der Waals surface area contributed by atoms with Crippen LogP contribution in [-0.2, 0) is 10.9 Å². The third-order valence-electron chi connectivity index (χ3n) is 5.34. The van der Waals surface area contributed by atoms with Gasteiger partial charge in [-0.25, -0.2) is 9.78 Å². The predicted octanol–water partition coefficient (Wildman–Crippen LogP) is 5.88. The number of benzene rings is 2. The molecule has 1 aromatic heterocycles. The van der Waals surface area contributed by atoms with Gasteiger partial charge in [-0.05, 0) is 56.2 Å². The molecule has 0 unspecified atom stereocenters. The first-order valence-corrected chi connectivity index (χ1v) is 9.75. The van der Waals surface area contributed by atoms with Gasteiger partial charge >= 0.3 is 12.1 Å². The number of nitrogens with zero attached hydrogens (tertiary/aromatic N) is 2. The lowest BCUT2D eigenvalue weighted by Gasteiger charge is -2.14. The maximum atomic E-state index is 13.2. The molecule has 0 amide bonds. The number of rotatable bonds is 4. The molecular weight excluding hydrogens is 381 g/mol. The highest BCUT2D eigenvalue weighted by Gasteiger charge is 2.32. The largest absolute Gasteiger partial charge is 0.462 e. The van der Waals surface area contributed by atoms with Crippen LogP contribution in [0.25, 0.3) is 16.7 Å². The minimum Gasteiger partial charge on any atom is -0.462 e. The predicted molar refractivity (Wildman–Crippen MR) is 103 cm³/mol. The fourth-order valence-electron chi connectivity index (χ4n) is 3.99. The zero-order valence-corrected chi connectivity index (χ0v) is 16.0. The van der Waals surface area contributed by atoms with Crippen molar-refractivity contribution in [2.75, 3.05) is 6.61 Å². The summed E-state index contributed by atoms with van der Waals surface area (Å²) < 4.78 is 46.5. The van der Waals surface area contributed by atoms with E-state index in [1.807, 2.05) is 10.6 Å². The van der Waals surface area contributed by atoms with Crippen LogP contribution >= 0.6 is 0 Å². The number of imidazole rings is 1. The molecule has 29 heavy (non-hydrogen) atoms. The molecule has 0 spiro atoms. The second-order valence-electron chi connectivity index (χ2n) is 7.26. The summed E-state index contributed by atoms with van der Waals surface area (Å²) in [4.78, 5) is 16.8. The number of hydrogen-bond acceptors (Lipinski definition) is 3. The zero-order valence-electron chi connectivity index (χ0n) is 16.0. The molecule has 7 heteroatoms. The van der Waals surface area contributed by atoms with E-state index >= 15 is 0 Å². The Hall–Kier alpha value is -2.83. The van der Waals surface area contributed by atoms with E-state index in [2.05, 4.69) is 4.98 Å². The van der Waals surface area contributed by atoms with Gasteiger partial charge in [0.25, 0.3) is 0 Å². The van der Waals surface area contributed by atoms with Crippen LogP contribution in [0.4, 0.5) is 13.2 Å². The smallest absolute Gasteiger partial charge is 0.416 e. The molecule has 4 nitrogen and oxygen atoms in total. The van der Waals surface area contributed by atoms with Gasteiger partial charge in [-0.3, -0.25) is 4.57 Å². The lowest BCUT2D eigenvalue weighted by Crippen LogP contribution is -2.08. The Morgan fingerprint density at radius 1 is 1.17 bits per heavy atom. The van der Waals surface area contributed by atoms with Crippen molar-refractivity contribution >= 4 is 17.0 Å². The molecule has 152 valence electrons. The first-order chi connectivity index (χ1) is 13.9. The Bertz CT molecular complexity index is 1050. The number of hydrogen-bond donors (Lipinski definition) is 0. The Morgan fingerprint density at radius 2 is 1.93 bits per heavy atom. The number of ether oxygens (including phenoxy) is 1. The van der Waals surface area contributed by atoms with Crippen LogP contribution < -0.4 is 0 Å². The van der Waals surface area contributed by atoms with E-state index in [1.54, 1.807) is 25.1 Å². The van der Waals surface area contributed by atoms with Crippen molar-refractivity contribution < 1.29 is 22.7 Å². The van der Waals surface area contributed by atoms with Crippen molar-refractivity contribution in [3.63, 3.8) is 0 Å². The Kier molecular flexibility index (Phi) is 5.06. The molecule has 0 atom stereocenters. The summed E-state index contributed by atoms with van der Waals surface area (Å²) >= 11 is 0. The minimum atomic E-state index is -4.42. The van der Waals surface area contributed by atoms with Crippen molar-refractivity contribution in [2.45, 2.75) is 44.7 Å². The maximum absolute atomic E-state index is 13.2. The Balaban J connectivity index is 1.89. The van der Waals surface area contributed by atoms with Crippen LogP contribution in [0.5, 0.6) is 0 Å². The fraction of sp³-hybridized carbons (Fsp3) is 0.364. The van der Waals surface area contributed by atoms with E-state index in [-0.39, 0.29) is 12.5 Å². The van der Waals surface area contributed by atoms with Crippen LogP contribution in [0.15, 0.2) is 42.5 Å². The molecular formula is C22H21F3N2O2. The van der Waals surface area contributed by atoms with Gasteiger partial charge in [0.2, 0.25) is 0 Å². The van der Waals surface area contributed by atoms with E-state index in [1.165, 1.54) is 6.07 Å². The Labute approximate surface area is 166 Å². The molecule has 0 bridgehead atoms. The number of esters is 1. The first kappa shape index (κ1) is 19.5. The standard InChI is InChI=1S/C22H21F3N2O2/c1-2-29-21(28)15-8-5-9-17(12-15)27-19-11-10-16(22(23,24)25)13-18(19)26-20(27)14-6-3-4-7-14/h5,8-14H,2-4,6-7H2,1H3. The third kappa shape index (κ3) is 3.73. The summed E-state index contributed by atoms with van der Waals surface area (Å²) in [5, 5.41) is 0. The number of halogens is 3. The number of fused-ring (bicyclic) bond motifs is 1. The van der Waals surface area contributed by atoms with Crippen LogP contribution in [0, 0.1) is 0 Å². The van der Waals surface area contributed by atoms with Gasteiger partial charge in [0.15, 0.2) is 0 Å². The highest BCUT2D eigenvalue weighted by Crippen LogP contribution is 2.38. The van der Waals surface area contributed by atoms with Gasteiger partial charge < -0.3 is 4.74 Å². The third-order valence-corrected chi connectivity index (χ3v) is 5.34. The molecule has 4 rings (SSSR count). The molecule has 0 saturated heterocycles. The molecule has 0 aliphatic heterocycles. The van der Waals surface area contributed by atoms with Gasteiger partial charge in [-0.1, -0.05) is 18.9 Å². The fourth-order valence-corrected chi connectivity index (χ4v) is 3.99. The lowest BCUT2D eigenvalue weighted by atomic mass is 10.1. The highest BCUT2D eigenvalue weighted by molar-refractivity contribution is 5.90. The maximum Gasteiger partial charge on any atom is 0.416 e. The summed E-state index contributed by atoms with van der Waals surface area (Å²) in [5.41, 5.74) is 1.28. The molecule has 1 fully saturated rings. The summed E-state index contributed by atoms with van der Waals surface area (Å²) in [6.07, 6.45) is -0.371. The van der Waals surface area contributed by atoms with E-state index in [0.717, 1.165) is 43.6 Å². The number of carbonyl (C=O) groups is 1. The molecule has 1 heterocycles.